The molecule has 14 heavy (non-hydrogen) atoms. The van der Waals surface area contributed by atoms with Crippen molar-refractivity contribution < 1.29 is 14.3 Å². The molecule has 0 bridgehead atoms. The van der Waals surface area contributed by atoms with Crippen LogP contribution in [0.1, 0.15) is 40.5 Å². The largest absolute Gasteiger partial charge is 0.466 e. The minimum Gasteiger partial charge on any atom is -0.466 e. The van der Waals surface area contributed by atoms with Crippen molar-refractivity contribution in [2.45, 2.75) is 45.3 Å². The normalized spacial score (nSPS) is 14.6. The van der Waals surface area contributed by atoms with Crippen molar-refractivity contribution in [3.8, 4) is 0 Å². The lowest BCUT2D eigenvalue weighted by Crippen LogP contribution is -2.23. The predicted octanol–water partition coefficient (Wildman–Crippen LogP) is 2.39. The Labute approximate surface area is 89.6 Å². The van der Waals surface area contributed by atoms with Gasteiger partial charge in [-0.15, -0.1) is 0 Å². The Morgan fingerprint density at radius 2 is 1.93 bits per heavy atom. The minimum absolute atomic E-state index is 0.108. The van der Waals surface area contributed by atoms with E-state index in [1.54, 1.807) is 6.92 Å². The molecule has 1 atom stereocenters. The fourth-order valence-electron chi connectivity index (χ4n) is 1.06. The first kappa shape index (κ1) is 13.5. The van der Waals surface area contributed by atoms with Crippen LogP contribution in [0.2, 0.25) is 0 Å². The monoisotopic (exact) mass is 218 g/mol. The zero-order chi connectivity index (χ0) is 11.2. The summed E-state index contributed by atoms with van der Waals surface area (Å²) in [5.41, 5.74) is 0. The first-order chi connectivity index (χ1) is 6.39. The summed E-state index contributed by atoms with van der Waals surface area (Å²) in [7, 11) is 0. The smallest absolute Gasteiger partial charge is 0.302 e. The Hall–Kier alpha value is -0.510. The van der Waals surface area contributed by atoms with E-state index in [1.807, 2.05) is 13.8 Å². The fourth-order valence-corrected chi connectivity index (χ4v) is 2.08. The average molecular weight is 218 g/mol. The molecule has 0 amide bonds. The van der Waals surface area contributed by atoms with E-state index in [-0.39, 0.29) is 15.8 Å². The molecular weight excluding hydrogens is 200 g/mol. The minimum atomic E-state index is -0.267. The van der Waals surface area contributed by atoms with Gasteiger partial charge in [0.05, 0.1) is 6.61 Å². The number of thioether (sulfide) groups is 1. The van der Waals surface area contributed by atoms with E-state index in [9.17, 15) is 9.59 Å². The fraction of sp³-hybridized carbons (Fsp3) is 0.800. The standard InChI is InChI=1S/C10H18O3S/c1-5-10(4,14-9(3)12)6-7-13-8(2)11/h5-7H2,1-4H3. The maximum Gasteiger partial charge on any atom is 0.302 e. The van der Waals surface area contributed by atoms with Crippen LogP contribution in [0.15, 0.2) is 0 Å². The Morgan fingerprint density at radius 3 is 2.29 bits per heavy atom. The highest BCUT2D eigenvalue weighted by Gasteiger charge is 2.24. The second-order valence-electron chi connectivity index (χ2n) is 3.49. The van der Waals surface area contributed by atoms with Crippen molar-refractivity contribution in [2.24, 2.45) is 0 Å². The van der Waals surface area contributed by atoms with E-state index >= 15 is 0 Å². The molecule has 0 aromatic rings. The van der Waals surface area contributed by atoms with Gasteiger partial charge in [0.15, 0.2) is 5.12 Å². The molecule has 0 saturated carbocycles. The van der Waals surface area contributed by atoms with Gasteiger partial charge in [-0.3, -0.25) is 9.59 Å². The Morgan fingerprint density at radius 1 is 1.36 bits per heavy atom. The summed E-state index contributed by atoms with van der Waals surface area (Å²) in [5, 5.41) is 0.108. The van der Waals surface area contributed by atoms with Crippen molar-refractivity contribution in [1.82, 2.24) is 0 Å². The quantitative estimate of drug-likeness (QED) is 0.664. The molecule has 4 heteroatoms. The number of hydrogen-bond acceptors (Lipinski definition) is 4. The van der Waals surface area contributed by atoms with Crippen LogP contribution >= 0.6 is 11.8 Å². The van der Waals surface area contributed by atoms with E-state index < -0.39 is 0 Å². The van der Waals surface area contributed by atoms with Gasteiger partial charge in [0.25, 0.3) is 0 Å². The number of hydrogen-bond donors (Lipinski definition) is 0. The molecule has 0 aliphatic rings. The molecule has 0 heterocycles. The second-order valence-corrected chi connectivity index (χ2v) is 5.25. The van der Waals surface area contributed by atoms with Crippen LogP contribution in [0.3, 0.4) is 0 Å². The molecule has 0 aliphatic carbocycles. The van der Waals surface area contributed by atoms with Gasteiger partial charge in [0, 0.05) is 18.6 Å². The molecular formula is C10H18O3S. The van der Waals surface area contributed by atoms with Crippen LogP contribution in [-0.4, -0.2) is 22.4 Å². The third kappa shape index (κ3) is 6.02. The second kappa shape index (κ2) is 6.06. The Bertz CT molecular complexity index is 215. The Balaban J connectivity index is 3.98. The topological polar surface area (TPSA) is 43.4 Å². The highest BCUT2D eigenvalue weighted by molar-refractivity contribution is 8.14. The van der Waals surface area contributed by atoms with E-state index in [1.165, 1.54) is 18.7 Å². The average Bonchev–Trinajstić information content (AvgIpc) is 2.02. The van der Waals surface area contributed by atoms with Crippen LogP contribution in [0.5, 0.6) is 0 Å². The van der Waals surface area contributed by atoms with Crippen LogP contribution in [0, 0.1) is 0 Å². The molecule has 0 aromatic carbocycles. The van der Waals surface area contributed by atoms with Crippen molar-refractivity contribution in [3.63, 3.8) is 0 Å². The highest BCUT2D eigenvalue weighted by Crippen LogP contribution is 2.32. The summed E-state index contributed by atoms with van der Waals surface area (Å²) in [5.74, 6) is -0.267. The molecule has 0 aliphatic heterocycles. The summed E-state index contributed by atoms with van der Waals surface area (Å²) in [4.78, 5) is 21.5. The first-order valence-corrected chi connectivity index (χ1v) is 5.54. The van der Waals surface area contributed by atoms with E-state index in [0.29, 0.717) is 13.0 Å². The number of carbonyl (C=O) groups excluding carboxylic acids is 2. The van der Waals surface area contributed by atoms with Gasteiger partial charge in [0.2, 0.25) is 0 Å². The van der Waals surface area contributed by atoms with Gasteiger partial charge in [-0.05, 0) is 19.8 Å². The van der Waals surface area contributed by atoms with E-state index in [2.05, 4.69) is 0 Å². The van der Waals surface area contributed by atoms with Crippen LogP contribution in [-0.2, 0) is 14.3 Å². The molecule has 0 aromatic heterocycles. The summed E-state index contributed by atoms with van der Waals surface area (Å²) >= 11 is 1.32. The van der Waals surface area contributed by atoms with Gasteiger partial charge >= 0.3 is 5.97 Å². The van der Waals surface area contributed by atoms with Gasteiger partial charge in [0.1, 0.15) is 0 Å². The van der Waals surface area contributed by atoms with Gasteiger partial charge < -0.3 is 4.74 Å². The molecule has 0 radical (unpaired) electrons. The third-order valence-electron chi connectivity index (χ3n) is 2.07. The SMILES string of the molecule is CCC(C)(CCOC(C)=O)SC(C)=O. The molecule has 0 saturated heterocycles. The molecule has 0 rings (SSSR count). The van der Waals surface area contributed by atoms with Crippen LogP contribution in [0.25, 0.3) is 0 Å². The molecule has 0 spiro atoms. The van der Waals surface area contributed by atoms with Crippen molar-refractivity contribution in [1.29, 1.82) is 0 Å². The van der Waals surface area contributed by atoms with Crippen molar-refractivity contribution >= 4 is 22.8 Å². The predicted molar refractivity (Wildman–Crippen MR) is 58.2 cm³/mol. The third-order valence-corrected chi connectivity index (χ3v) is 3.35. The zero-order valence-corrected chi connectivity index (χ0v) is 10.1. The summed E-state index contributed by atoms with van der Waals surface area (Å²) < 4.78 is 4.75. The number of rotatable bonds is 5. The number of carbonyl (C=O) groups is 2. The lowest BCUT2D eigenvalue weighted by Gasteiger charge is -2.25. The molecule has 82 valence electrons. The first-order valence-electron chi connectivity index (χ1n) is 4.72. The molecule has 0 N–H and O–H groups in total. The van der Waals surface area contributed by atoms with Crippen molar-refractivity contribution in [2.75, 3.05) is 6.61 Å². The molecule has 0 fully saturated rings. The molecule has 1 unspecified atom stereocenters. The summed E-state index contributed by atoms with van der Waals surface area (Å²) in [6.07, 6.45) is 1.60. The summed E-state index contributed by atoms with van der Waals surface area (Å²) in [6.45, 7) is 7.39. The van der Waals surface area contributed by atoms with Gasteiger partial charge in [-0.25, -0.2) is 0 Å². The summed E-state index contributed by atoms with van der Waals surface area (Å²) in [6, 6.07) is 0. The van der Waals surface area contributed by atoms with E-state index in [0.717, 1.165) is 6.42 Å². The molecule has 3 nitrogen and oxygen atoms in total. The maximum atomic E-state index is 11.0. The van der Waals surface area contributed by atoms with Gasteiger partial charge in [-0.1, -0.05) is 18.7 Å². The van der Waals surface area contributed by atoms with Crippen molar-refractivity contribution in [3.05, 3.63) is 0 Å². The van der Waals surface area contributed by atoms with Gasteiger partial charge in [-0.2, -0.15) is 0 Å². The number of ether oxygens (including phenoxy) is 1. The zero-order valence-electron chi connectivity index (χ0n) is 9.25. The Kier molecular flexibility index (Phi) is 5.84. The highest BCUT2D eigenvalue weighted by atomic mass is 32.2. The van der Waals surface area contributed by atoms with Crippen LogP contribution in [0.4, 0.5) is 0 Å². The maximum absolute atomic E-state index is 11.0. The lowest BCUT2D eigenvalue weighted by atomic mass is 10.1. The number of esters is 1. The van der Waals surface area contributed by atoms with E-state index in [4.69, 9.17) is 4.74 Å². The lowest BCUT2D eigenvalue weighted by molar-refractivity contribution is -0.141. The van der Waals surface area contributed by atoms with Crippen LogP contribution < -0.4 is 0 Å².